The fraction of sp³-hybridized carbons (Fsp3) is 0.222. The van der Waals surface area contributed by atoms with Crippen LogP contribution < -0.4 is 4.72 Å². The van der Waals surface area contributed by atoms with Crippen LogP contribution >= 0.6 is 0 Å². The number of sulfonamides is 1. The van der Waals surface area contributed by atoms with Gasteiger partial charge in [0.05, 0.1) is 0 Å². The smallest absolute Gasteiger partial charge is 0.321 e. The molecule has 0 unspecified atom stereocenters. The zero-order chi connectivity index (χ0) is 13.1. The molecule has 1 atom stereocenters. The molecule has 0 saturated carbocycles. The number of nitrogens with one attached hydrogen (secondary N) is 1. The van der Waals surface area contributed by atoms with Gasteiger partial charge in [-0.25, -0.2) is 13.4 Å². The van der Waals surface area contributed by atoms with Gasteiger partial charge >= 0.3 is 5.97 Å². The first-order valence-electron chi connectivity index (χ1n) is 4.48. The molecule has 0 spiro atoms. The van der Waals surface area contributed by atoms with E-state index in [0.717, 1.165) is 0 Å². The van der Waals surface area contributed by atoms with E-state index in [1.54, 1.807) is 6.07 Å². The Morgan fingerprint density at radius 2 is 2.29 bits per heavy atom. The summed E-state index contributed by atoms with van der Waals surface area (Å²) in [5, 5.41) is 17.3. The first-order chi connectivity index (χ1) is 7.88. The Hall–Kier alpha value is -1.98. The largest absolute Gasteiger partial charge is 0.480 e. The van der Waals surface area contributed by atoms with Crippen molar-refractivity contribution in [3.05, 3.63) is 24.0 Å². The molecule has 0 bridgehead atoms. The lowest BCUT2D eigenvalue weighted by molar-refractivity contribution is -0.138. The van der Waals surface area contributed by atoms with Crippen molar-refractivity contribution in [2.75, 3.05) is 0 Å². The lowest BCUT2D eigenvalue weighted by Gasteiger charge is -2.10. The molecule has 1 aromatic rings. The first kappa shape index (κ1) is 13.1. The summed E-state index contributed by atoms with van der Waals surface area (Å²) in [6.07, 6.45) is 1.28. The van der Waals surface area contributed by atoms with E-state index in [1.807, 2.05) is 4.72 Å². The number of hydrogen-bond donors (Lipinski definition) is 2. The monoisotopic (exact) mass is 255 g/mol. The molecule has 1 heterocycles. The number of carboxylic acids is 1. The molecule has 1 rings (SSSR count). The van der Waals surface area contributed by atoms with Crippen LogP contribution in [0.2, 0.25) is 0 Å². The van der Waals surface area contributed by atoms with Crippen LogP contribution in [0.15, 0.2) is 23.2 Å². The molecule has 90 valence electrons. The van der Waals surface area contributed by atoms with Gasteiger partial charge in [0, 0.05) is 6.20 Å². The van der Waals surface area contributed by atoms with E-state index in [0.29, 0.717) is 0 Å². The Morgan fingerprint density at radius 3 is 2.82 bits per heavy atom. The molecule has 1 aromatic heterocycles. The number of aliphatic carboxylic acids is 1. The van der Waals surface area contributed by atoms with Gasteiger partial charge in [0.25, 0.3) is 0 Å². The quantitative estimate of drug-likeness (QED) is 0.762. The van der Waals surface area contributed by atoms with Gasteiger partial charge in [-0.2, -0.15) is 9.98 Å². The van der Waals surface area contributed by atoms with Crippen molar-refractivity contribution < 1.29 is 18.3 Å². The molecule has 0 saturated heterocycles. The normalized spacial score (nSPS) is 12.7. The molecule has 7 nitrogen and oxygen atoms in total. The summed E-state index contributed by atoms with van der Waals surface area (Å²) < 4.78 is 25.5. The lowest BCUT2D eigenvalue weighted by Crippen LogP contribution is -2.38. The maximum atomic E-state index is 11.8. The maximum absolute atomic E-state index is 11.8. The molecule has 2 N–H and O–H groups in total. The number of nitriles is 1. The second kappa shape index (κ2) is 4.90. The minimum absolute atomic E-state index is 0.280. The maximum Gasteiger partial charge on any atom is 0.321 e. The summed E-state index contributed by atoms with van der Waals surface area (Å²) >= 11 is 0. The summed E-state index contributed by atoms with van der Waals surface area (Å²) in [7, 11) is -4.06. The molecular weight excluding hydrogens is 246 g/mol. The topological polar surface area (TPSA) is 120 Å². The van der Waals surface area contributed by atoms with E-state index in [2.05, 4.69) is 4.98 Å². The molecule has 8 heteroatoms. The molecule has 0 aliphatic heterocycles. The van der Waals surface area contributed by atoms with Crippen LogP contribution in [-0.2, 0) is 14.8 Å². The molecule has 0 aromatic carbocycles. The summed E-state index contributed by atoms with van der Waals surface area (Å²) in [5.74, 6) is -1.31. The average molecular weight is 255 g/mol. The number of pyridine rings is 1. The van der Waals surface area contributed by atoms with Gasteiger partial charge in [-0.1, -0.05) is 0 Å². The van der Waals surface area contributed by atoms with Crippen molar-refractivity contribution in [1.82, 2.24) is 9.71 Å². The van der Waals surface area contributed by atoms with E-state index in [-0.39, 0.29) is 10.6 Å². The zero-order valence-corrected chi connectivity index (χ0v) is 9.60. The highest BCUT2D eigenvalue weighted by atomic mass is 32.2. The number of carbonyl (C=O) groups is 1. The molecule has 17 heavy (non-hydrogen) atoms. The molecule has 0 aliphatic rings. The number of nitrogens with zero attached hydrogens (tertiary/aromatic N) is 2. The summed E-state index contributed by atoms with van der Waals surface area (Å²) in [6, 6.07) is 2.87. The summed E-state index contributed by atoms with van der Waals surface area (Å²) in [4.78, 5) is 13.8. The van der Waals surface area contributed by atoms with E-state index in [1.165, 1.54) is 25.3 Å². The van der Waals surface area contributed by atoms with Crippen molar-refractivity contribution in [3.63, 3.8) is 0 Å². The van der Waals surface area contributed by atoms with Crippen LogP contribution in [0.25, 0.3) is 0 Å². The Morgan fingerprint density at radius 1 is 1.65 bits per heavy atom. The van der Waals surface area contributed by atoms with Crippen LogP contribution in [0.1, 0.15) is 12.6 Å². The predicted octanol–water partition coefficient (Wildman–Crippen LogP) is -0.295. The Labute approximate surface area is 97.8 Å². The van der Waals surface area contributed by atoms with Crippen molar-refractivity contribution in [2.24, 2.45) is 0 Å². The van der Waals surface area contributed by atoms with Gasteiger partial charge in [0.15, 0.2) is 5.69 Å². The number of aromatic nitrogens is 1. The second-order valence-electron chi connectivity index (χ2n) is 3.14. The highest BCUT2D eigenvalue weighted by molar-refractivity contribution is 7.89. The fourth-order valence-corrected chi connectivity index (χ4v) is 2.34. The highest BCUT2D eigenvalue weighted by Crippen LogP contribution is 2.12. The third-order valence-corrected chi connectivity index (χ3v) is 3.44. The van der Waals surface area contributed by atoms with Crippen LogP contribution in [0, 0.1) is 11.3 Å². The minimum atomic E-state index is -4.06. The van der Waals surface area contributed by atoms with Crippen LogP contribution in [0.5, 0.6) is 0 Å². The highest BCUT2D eigenvalue weighted by Gasteiger charge is 2.24. The third kappa shape index (κ3) is 2.99. The molecule has 0 radical (unpaired) electrons. The summed E-state index contributed by atoms with van der Waals surface area (Å²) in [5.41, 5.74) is -0.280. The number of rotatable bonds is 4. The average Bonchev–Trinajstić information content (AvgIpc) is 2.28. The summed E-state index contributed by atoms with van der Waals surface area (Å²) in [6.45, 7) is 1.18. The predicted molar refractivity (Wildman–Crippen MR) is 56.4 cm³/mol. The Bertz CT molecular complexity index is 576. The van der Waals surface area contributed by atoms with Gasteiger partial charge < -0.3 is 5.11 Å². The fourth-order valence-electron chi connectivity index (χ4n) is 1.04. The van der Waals surface area contributed by atoms with E-state index in [4.69, 9.17) is 10.4 Å². The van der Waals surface area contributed by atoms with Crippen molar-refractivity contribution >= 4 is 16.0 Å². The van der Waals surface area contributed by atoms with Gasteiger partial charge in [-0.05, 0) is 19.1 Å². The van der Waals surface area contributed by atoms with Crippen LogP contribution in [0.3, 0.4) is 0 Å². The van der Waals surface area contributed by atoms with Gasteiger partial charge in [-0.3, -0.25) is 4.79 Å². The molecule has 0 aliphatic carbocycles. The van der Waals surface area contributed by atoms with Gasteiger partial charge in [0.2, 0.25) is 10.0 Å². The number of hydrogen-bond acceptors (Lipinski definition) is 5. The minimum Gasteiger partial charge on any atom is -0.480 e. The van der Waals surface area contributed by atoms with E-state index >= 15 is 0 Å². The second-order valence-corrected chi connectivity index (χ2v) is 4.83. The van der Waals surface area contributed by atoms with Crippen LogP contribution in [0.4, 0.5) is 0 Å². The van der Waals surface area contributed by atoms with Crippen LogP contribution in [-0.4, -0.2) is 30.5 Å². The SMILES string of the molecule is C[C@H](NS(=O)(=O)c1cccnc1C#N)C(=O)O. The van der Waals surface area contributed by atoms with Crippen molar-refractivity contribution in [3.8, 4) is 6.07 Å². The molecular formula is C9H9N3O4S. The Balaban J connectivity index is 3.15. The number of carboxylic acid groups (broad SMARTS) is 1. The Kier molecular flexibility index (Phi) is 3.77. The lowest BCUT2D eigenvalue weighted by atomic mass is 10.4. The zero-order valence-electron chi connectivity index (χ0n) is 8.78. The standard InChI is InChI=1S/C9H9N3O4S/c1-6(9(13)14)12-17(15,16)8-3-2-4-11-7(8)5-10/h2-4,6,12H,1H3,(H,13,14)/t6-/m0/s1. The third-order valence-electron chi connectivity index (χ3n) is 1.87. The molecule has 0 amide bonds. The molecule has 0 fully saturated rings. The van der Waals surface area contributed by atoms with Gasteiger partial charge in [-0.15, -0.1) is 0 Å². The van der Waals surface area contributed by atoms with Crippen molar-refractivity contribution in [2.45, 2.75) is 17.9 Å². The van der Waals surface area contributed by atoms with Gasteiger partial charge in [0.1, 0.15) is 17.0 Å². The van der Waals surface area contributed by atoms with E-state index < -0.39 is 22.0 Å². The first-order valence-corrected chi connectivity index (χ1v) is 5.97. The van der Waals surface area contributed by atoms with E-state index in [9.17, 15) is 13.2 Å². The van der Waals surface area contributed by atoms with Crippen molar-refractivity contribution in [1.29, 1.82) is 5.26 Å².